The molecule has 2 rings (SSSR count). The molecule has 1 heterocycles. The summed E-state index contributed by atoms with van der Waals surface area (Å²) in [4.78, 5) is 11.3. The number of amides is 1. The number of rotatable bonds is 5. The lowest BCUT2D eigenvalue weighted by molar-refractivity contribution is -0.115. The number of anilines is 1. The molecule has 1 amide bonds. The molecule has 1 aliphatic heterocycles. The van der Waals surface area contributed by atoms with Crippen molar-refractivity contribution in [3.8, 4) is 0 Å². The van der Waals surface area contributed by atoms with Crippen molar-refractivity contribution in [3.63, 3.8) is 0 Å². The quantitative estimate of drug-likeness (QED) is 0.733. The maximum absolute atomic E-state index is 11.3. The average molecular weight is 247 g/mol. The van der Waals surface area contributed by atoms with Crippen LogP contribution in [0.3, 0.4) is 0 Å². The van der Waals surface area contributed by atoms with E-state index in [2.05, 4.69) is 30.5 Å². The van der Waals surface area contributed by atoms with Gasteiger partial charge in [0.05, 0.1) is 6.42 Å². The van der Waals surface area contributed by atoms with Crippen LogP contribution in [0.25, 0.3) is 0 Å². The van der Waals surface area contributed by atoms with E-state index in [0.717, 1.165) is 24.3 Å². The van der Waals surface area contributed by atoms with Gasteiger partial charge in [0.1, 0.15) is 0 Å². The van der Waals surface area contributed by atoms with Crippen LogP contribution in [0.5, 0.6) is 0 Å². The SMILES string of the molecule is CC(C)(CN)CNCc1ccc2c(c1)CC(=O)N2. The Morgan fingerprint density at radius 3 is 2.94 bits per heavy atom. The molecule has 0 saturated carbocycles. The first kappa shape index (κ1) is 13.1. The van der Waals surface area contributed by atoms with Crippen LogP contribution in [0.15, 0.2) is 18.2 Å². The second kappa shape index (κ2) is 5.08. The Labute approximate surface area is 108 Å². The molecule has 0 bridgehead atoms. The lowest BCUT2D eigenvalue weighted by Gasteiger charge is -2.22. The highest BCUT2D eigenvalue weighted by atomic mass is 16.1. The van der Waals surface area contributed by atoms with E-state index < -0.39 is 0 Å². The minimum atomic E-state index is 0.0828. The standard InChI is InChI=1S/C14H21N3O/c1-14(2,8-15)9-16-7-10-3-4-12-11(5-10)6-13(18)17-12/h3-5,16H,6-9,15H2,1-2H3,(H,17,18). The molecule has 0 radical (unpaired) electrons. The molecule has 1 aromatic carbocycles. The maximum atomic E-state index is 11.3. The average Bonchev–Trinajstić information content (AvgIpc) is 2.68. The van der Waals surface area contributed by atoms with Gasteiger partial charge in [0.2, 0.25) is 5.91 Å². The fourth-order valence-corrected chi connectivity index (χ4v) is 2.01. The van der Waals surface area contributed by atoms with Gasteiger partial charge in [-0.1, -0.05) is 26.0 Å². The third-order valence-electron chi connectivity index (χ3n) is 3.28. The van der Waals surface area contributed by atoms with Gasteiger partial charge in [0.25, 0.3) is 0 Å². The predicted molar refractivity (Wildman–Crippen MR) is 73.3 cm³/mol. The van der Waals surface area contributed by atoms with Crippen molar-refractivity contribution >= 4 is 11.6 Å². The van der Waals surface area contributed by atoms with E-state index in [1.807, 2.05) is 12.1 Å². The van der Waals surface area contributed by atoms with Gasteiger partial charge in [-0.2, -0.15) is 0 Å². The number of nitrogens with two attached hydrogens (primary N) is 1. The summed E-state index contributed by atoms with van der Waals surface area (Å²) in [6, 6.07) is 6.12. The summed E-state index contributed by atoms with van der Waals surface area (Å²) in [6.45, 7) is 6.65. The molecular weight excluding hydrogens is 226 g/mol. The van der Waals surface area contributed by atoms with Gasteiger partial charge in [-0.3, -0.25) is 4.79 Å². The molecule has 0 saturated heterocycles. The van der Waals surface area contributed by atoms with E-state index in [4.69, 9.17) is 5.73 Å². The fraction of sp³-hybridized carbons (Fsp3) is 0.500. The minimum absolute atomic E-state index is 0.0828. The number of hydrogen-bond acceptors (Lipinski definition) is 3. The Balaban J connectivity index is 1.92. The first-order chi connectivity index (χ1) is 8.50. The highest BCUT2D eigenvalue weighted by Gasteiger charge is 2.18. The van der Waals surface area contributed by atoms with Crippen LogP contribution in [-0.2, 0) is 17.8 Å². The predicted octanol–water partition coefficient (Wildman–Crippen LogP) is 1.26. The van der Waals surface area contributed by atoms with E-state index in [0.29, 0.717) is 13.0 Å². The summed E-state index contributed by atoms with van der Waals surface area (Å²) in [7, 11) is 0. The van der Waals surface area contributed by atoms with Crippen molar-refractivity contribution in [2.24, 2.45) is 11.1 Å². The monoisotopic (exact) mass is 247 g/mol. The largest absolute Gasteiger partial charge is 0.330 e. The van der Waals surface area contributed by atoms with Crippen molar-refractivity contribution in [3.05, 3.63) is 29.3 Å². The third-order valence-corrected chi connectivity index (χ3v) is 3.28. The molecule has 0 aliphatic carbocycles. The maximum Gasteiger partial charge on any atom is 0.228 e. The highest BCUT2D eigenvalue weighted by molar-refractivity contribution is 5.99. The number of carbonyl (C=O) groups is 1. The van der Waals surface area contributed by atoms with Gasteiger partial charge < -0.3 is 16.4 Å². The zero-order chi connectivity index (χ0) is 13.2. The molecule has 1 aromatic rings. The molecule has 1 aliphatic rings. The number of hydrogen-bond donors (Lipinski definition) is 3. The van der Waals surface area contributed by atoms with Crippen LogP contribution in [0.4, 0.5) is 5.69 Å². The van der Waals surface area contributed by atoms with E-state index in [1.54, 1.807) is 0 Å². The molecule has 4 heteroatoms. The zero-order valence-electron chi connectivity index (χ0n) is 11.0. The lowest BCUT2D eigenvalue weighted by atomic mass is 9.94. The van der Waals surface area contributed by atoms with E-state index >= 15 is 0 Å². The minimum Gasteiger partial charge on any atom is -0.330 e. The zero-order valence-corrected chi connectivity index (χ0v) is 11.0. The van der Waals surface area contributed by atoms with Crippen LogP contribution in [0.1, 0.15) is 25.0 Å². The highest BCUT2D eigenvalue weighted by Crippen LogP contribution is 2.23. The molecule has 98 valence electrons. The van der Waals surface area contributed by atoms with Crippen LogP contribution in [0, 0.1) is 5.41 Å². The molecule has 0 spiro atoms. The molecular formula is C14H21N3O. The number of fused-ring (bicyclic) bond motifs is 1. The van der Waals surface area contributed by atoms with Crippen molar-refractivity contribution in [2.45, 2.75) is 26.8 Å². The van der Waals surface area contributed by atoms with Crippen LogP contribution in [-0.4, -0.2) is 19.0 Å². The molecule has 0 fully saturated rings. The fourth-order valence-electron chi connectivity index (χ4n) is 2.01. The summed E-state index contributed by atoms with van der Waals surface area (Å²) in [5.74, 6) is 0.0828. The summed E-state index contributed by atoms with van der Waals surface area (Å²) in [5, 5.41) is 6.25. The smallest absolute Gasteiger partial charge is 0.228 e. The molecule has 18 heavy (non-hydrogen) atoms. The van der Waals surface area contributed by atoms with Gasteiger partial charge in [-0.15, -0.1) is 0 Å². The lowest BCUT2D eigenvalue weighted by Crippen LogP contribution is -2.35. The normalized spacial score (nSPS) is 14.5. The molecule has 0 atom stereocenters. The van der Waals surface area contributed by atoms with E-state index in [9.17, 15) is 4.79 Å². The Hall–Kier alpha value is -1.39. The van der Waals surface area contributed by atoms with Crippen molar-refractivity contribution < 1.29 is 4.79 Å². The van der Waals surface area contributed by atoms with Crippen LogP contribution in [0.2, 0.25) is 0 Å². The molecule has 4 N–H and O–H groups in total. The van der Waals surface area contributed by atoms with Crippen LogP contribution < -0.4 is 16.4 Å². The van der Waals surface area contributed by atoms with Gasteiger partial charge in [-0.25, -0.2) is 0 Å². The number of carbonyl (C=O) groups excluding carboxylic acids is 1. The molecule has 0 unspecified atom stereocenters. The van der Waals surface area contributed by atoms with Gasteiger partial charge in [-0.05, 0) is 29.2 Å². The van der Waals surface area contributed by atoms with Crippen molar-refractivity contribution in [1.82, 2.24) is 5.32 Å². The van der Waals surface area contributed by atoms with Gasteiger partial charge >= 0.3 is 0 Å². The van der Waals surface area contributed by atoms with Crippen molar-refractivity contribution in [1.29, 1.82) is 0 Å². The Kier molecular flexibility index (Phi) is 3.68. The Morgan fingerprint density at radius 2 is 2.22 bits per heavy atom. The Bertz CT molecular complexity index is 454. The summed E-state index contributed by atoms with van der Waals surface area (Å²) in [5.41, 5.74) is 9.06. The number of nitrogens with one attached hydrogen (secondary N) is 2. The first-order valence-electron chi connectivity index (χ1n) is 6.33. The van der Waals surface area contributed by atoms with E-state index in [1.165, 1.54) is 5.56 Å². The molecule has 4 nitrogen and oxygen atoms in total. The van der Waals surface area contributed by atoms with E-state index in [-0.39, 0.29) is 11.3 Å². The second-order valence-corrected chi connectivity index (χ2v) is 5.69. The van der Waals surface area contributed by atoms with Crippen LogP contribution >= 0.6 is 0 Å². The summed E-state index contributed by atoms with van der Waals surface area (Å²) in [6.07, 6.45) is 0.497. The van der Waals surface area contributed by atoms with Gasteiger partial charge in [0.15, 0.2) is 0 Å². The Morgan fingerprint density at radius 1 is 1.44 bits per heavy atom. The summed E-state index contributed by atoms with van der Waals surface area (Å²) >= 11 is 0. The number of benzene rings is 1. The third kappa shape index (κ3) is 3.09. The van der Waals surface area contributed by atoms with Crippen molar-refractivity contribution in [2.75, 3.05) is 18.4 Å². The first-order valence-corrected chi connectivity index (χ1v) is 6.33. The topological polar surface area (TPSA) is 67.1 Å². The summed E-state index contributed by atoms with van der Waals surface area (Å²) < 4.78 is 0. The van der Waals surface area contributed by atoms with Gasteiger partial charge in [0, 0.05) is 18.8 Å². The molecule has 0 aromatic heterocycles. The second-order valence-electron chi connectivity index (χ2n) is 5.69.